The van der Waals surface area contributed by atoms with Gasteiger partial charge < -0.3 is 4.74 Å². The Bertz CT molecular complexity index is 1100. The highest BCUT2D eigenvalue weighted by molar-refractivity contribution is 7.11. The standard InChI is InChI=1S/C22H16ClFN2O4S/c23-16-7-5-15(6-8-16)21(28)26-25-20(27)13-30-22(29)18(19-2-1-11-31-19)12-14-3-9-17(24)10-4-14/h1-12H,13H2,(H,25,27)(H,26,28)/b18-12+. The average molecular weight is 459 g/mol. The van der Waals surface area contributed by atoms with Crippen molar-refractivity contribution in [3.8, 4) is 0 Å². The summed E-state index contributed by atoms with van der Waals surface area (Å²) in [5.74, 6) is -2.39. The van der Waals surface area contributed by atoms with Crippen LogP contribution < -0.4 is 10.9 Å². The highest BCUT2D eigenvalue weighted by atomic mass is 35.5. The second kappa shape index (κ2) is 10.5. The number of amides is 2. The molecule has 0 saturated heterocycles. The van der Waals surface area contributed by atoms with Crippen LogP contribution in [0.15, 0.2) is 66.0 Å². The summed E-state index contributed by atoms with van der Waals surface area (Å²) < 4.78 is 18.2. The van der Waals surface area contributed by atoms with E-state index in [-0.39, 0.29) is 5.57 Å². The molecule has 0 aliphatic heterocycles. The molecule has 31 heavy (non-hydrogen) atoms. The maximum atomic E-state index is 13.1. The summed E-state index contributed by atoms with van der Waals surface area (Å²) in [5, 5.41) is 2.27. The van der Waals surface area contributed by atoms with Gasteiger partial charge in [-0.15, -0.1) is 11.3 Å². The second-order valence-corrected chi connectivity index (χ2v) is 7.56. The fraction of sp³-hybridized carbons (Fsp3) is 0.0455. The van der Waals surface area contributed by atoms with Gasteiger partial charge in [-0.2, -0.15) is 0 Å². The largest absolute Gasteiger partial charge is 0.452 e. The summed E-state index contributed by atoms with van der Waals surface area (Å²) in [5.41, 5.74) is 5.51. The molecule has 0 radical (unpaired) electrons. The molecule has 1 heterocycles. The highest BCUT2D eigenvalue weighted by Gasteiger charge is 2.17. The van der Waals surface area contributed by atoms with E-state index in [1.807, 2.05) is 0 Å². The summed E-state index contributed by atoms with van der Waals surface area (Å²) in [6, 6.07) is 15.2. The molecule has 9 heteroatoms. The smallest absolute Gasteiger partial charge is 0.340 e. The molecule has 3 aromatic rings. The molecular weight excluding hydrogens is 443 g/mol. The summed E-state index contributed by atoms with van der Waals surface area (Å²) >= 11 is 7.08. The molecule has 0 unspecified atom stereocenters. The van der Waals surface area contributed by atoms with Crippen molar-refractivity contribution in [3.05, 3.63) is 92.9 Å². The monoisotopic (exact) mass is 458 g/mol. The number of hydrogen-bond acceptors (Lipinski definition) is 5. The third-order valence-corrected chi connectivity index (χ3v) is 5.10. The molecule has 2 amide bonds. The summed E-state index contributed by atoms with van der Waals surface area (Å²) in [6.45, 7) is -0.605. The minimum atomic E-state index is -0.731. The number of carbonyl (C=O) groups is 3. The molecule has 158 valence electrons. The molecule has 1 aromatic heterocycles. The number of ether oxygens (including phenoxy) is 1. The molecule has 0 fully saturated rings. The van der Waals surface area contributed by atoms with E-state index in [0.717, 1.165) is 0 Å². The van der Waals surface area contributed by atoms with Crippen LogP contribution in [0, 0.1) is 5.82 Å². The Labute approximate surface area is 186 Å². The van der Waals surface area contributed by atoms with Gasteiger partial charge in [-0.1, -0.05) is 29.8 Å². The first-order valence-corrected chi connectivity index (χ1v) is 10.2. The van der Waals surface area contributed by atoms with Gasteiger partial charge in [0.05, 0.1) is 5.57 Å². The first-order chi connectivity index (χ1) is 14.9. The van der Waals surface area contributed by atoms with Crippen LogP contribution in [-0.4, -0.2) is 24.4 Å². The lowest BCUT2D eigenvalue weighted by Crippen LogP contribution is -2.43. The average Bonchev–Trinajstić information content (AvgIpc) is 3.30. The molecule has 0 spiro atoms. The molecule has 2 N–H and O–H groups in total. The lowest BCUT2D eigenvalue weighted by Gasteiger charge is -2.09. The fourth-order valence-electron chi connectivity index (χ4n) is 2.43. The minimum Gasteiger partial charge on any atom is -0.452 e. The van der Waals surface area contributed by atoms with Crippen molar-refractivity contribution in [1.82, 2.24) is 10.9 Å². The third-order valence-electron chi connectivity index (χ3n) is 3.94. The van der Waals surface area contributed by atoms with E-state index >= 15 is 0 Å². The lowest BCUT2D eigenvalue weighted by atomic mass is 10.1. The number of carbonyl (C=O) groups excluding carboxylic acids is 3. The van der Waals surface area contributed by atoms with Crippen LogP contribution in [0.5, 0.6) is 0 Å². The van der Waals surface area contributed by atoms with Crippen molar-refractivity contribution in [2.45, 2.75) is 0 Å². The van der Waals surface area contributed by atoms with Crippen LogP contribution in [0.3, 0.4) is 0 Å². The van der Waals surface area contributed by atoms with Gasteiger partial charge in [0, 0.05) is 15.5 Å². The molecule has 6 nitrogen and oxygen atoms in total. The number of halogens is 2. The van der Waals surface area contributed by atoms with Gasteiger partial charge >= 0.3 is 5.97 Å². The maximum Gasteiger partial charge on any atom is 0.340 e. The van der Waals surface area contributed by atoms with Crippen molar-refractivity contribution < 1.29 is 23.5 Å². The molecule has 2 aromatic carbocycles. The van der Waals surface area contributed by atoms with Crippen LogP contribution in [0.25, 0.3) is 11.6 Å². The predicted octanol–water partition coefficient (Wildman–Crippen LogP) is 4.09. The normalized spacial score (nSPS) is 11.0. The number of nitrogens with one attached hydrogen (secondary N) is 2. The van der Waals surface area contributed by atoms with Crippen LogP contribution in [0.4, 0.5) is 4.39 Å². The molecule has 0 atom stereocenters. The summed E-state index contributed by atoms with van der Waals surface area (Å²) in [6.07, 6.45) is 1.55. The zero-order valence-corrected chi connectivity index (χ0v) is 17.5. The first kappa shape index (κ1) is 22.2. The van der Waals surface area contributed by atoms with Gasteiger partial charge in [-0.25, -0.2) is 9.18 Å². The third kappa shape index (κ3) is 6.50. The number of benzene rings is 2. The molecular formula is C22H16ClFN2O4S. The predicted molar refractivity (Wildman–Crippen MR) is 117 cm³/mol. The molecule has 0 aliphatic carbocycles. The van der Waals surface area contributed by atoms with E-state index in [9.17, 15) is 18.8 Å². The number of thiophene rings is 1. The van der Waals surface area contributed by atoms with E-state index in [2.05, 4.69) is 10.9 Å². The molecule has 0 saturated carbocycles. The summed E-state index contributed by atoms with van der Waals surface area (Å²) in [4.78, 5) is 37.1. The van der Waals surface area contributed by atoms with Crippen LogP contribution in [0.2, 0.25) is 5.02 Å². The topological polar surface area (TPSA) is 84.5 Å². The maximum absolute atomic E-state index is 13.1. The van der Waals surface area contributed by atoms with Gasteiger partial charge in [0.25, 0.3) is 11.8 Å². The van der Waals surface area contributed by atoms with Crippen molar-refractivity contribution in [3.63, 3.8) is 0 Å². The Morgan fingerprint density at radius 1 is 1.00 bits per heavy atom. The van der Waals surface area contributed by atoms with Crippen molar-refractivity contribution in [2.75, 3.05) is 6.61 Å². The minimum absolute atomic E-state index is 0.222. The Morgan fingerprint density at radius 3 is 2.35 bits per heavy atom. The van der Waals surface area contributed by atoms with Gasteiger partial charge in [-0.3, -0.25) is 20.4 Å². The number of esters is 1. The van der Waals surface area contributed by atoms with E-state index in [1.54, 1.807) is 35.7 Å². The number of rotatable bonds is 6. The van der Waals surface area contributed by atoms with Gasteiger partial charge in [0.15, 0.2) is 6.61 Å². The van der Waals surface area contributed by atoms with Crippen molar-refractivity contribution in [1.29, 1.82) is 0 Å². The van der Waals surface area contributed by atoms with Crippen LogP contribution in [-0.2, 0) is 14.3 Å². The number of hydrogen-bond donors (Lipinski definition) is 2. The first-order valence-electron chi connectivity index (χ1n) is 8.95. The Kier molecular flexibility index (Phi) is 7.53. The lowest BCUT2D eigenvalue weighted by molar-refractivity contribution is -0.143. The van der Waals surface area contributed by atoms with Gasteiger partial charge in [0.1, 0.15) is 5.82 Å². The fourth-order valence-corrected chi connectivity index (χ4v) is 3.29. The van der Waals surface area contributed by atoms with Gasteiger partial charge in [-0.05, 0) is 59.5 Å². The van der Waals surface area contributed by atoms with Gasteiger partial charge in [0.2, 0.25) is 0 Å². The zero-order chi connectivity index (χ0) is 22.2. The van der Waals surface area contributed by atoms with E-state index in [0.29, 0.717) is 21.0 Å². The van der Waals surface area contributed by atoms with E-state index < -0.39 is 30.2 Å². The van der Waals surface area contributed by atoms with Crippen molar-refractivity contribution in [2.24, 2.45) is 0 Å². The quantitative estimate of drug-likeness (QED) is 0.331. The molecule has 0 bridgehead atoms. The highest BCUT2D eigenvalue weighted by Crippen LogP contribution is 2.24. The zero-order valence-electron chi connectivity index (χ0n) is 15.9. The SMILES string of the molecule is O=C(COC(=O)/C(=C/c1ccc(F)cc1)c1cccs1)NNC(=O)c1ccc(Cl)cc1. The molecule has 3 rings (SSSR count). The Hall–Kier alpha value is -3.49. The van der Waals surface area contributed by atoms with Crippen LogP contribution in [0.1, 0.15) is 20.8 Å². The summed E-state index contributed by atoms with van der Waals surface area (Å²) in [7, 11) is 0. The van der Waals surface area contributed by atoms with Crippen molar-refractivity contribution >= 4 is 52.4 Å². The Morgan fingerprint density at radius 2 is 1.71 bits per heavy atom. The molecule has 0 aliphatic rings. The van der Waals surface area contributed by atoms with E-state index in [1.165, 1.54) is 47.7 Å². The number of hydrazine groups is 1. The Balaban J connectivity index is 1.59. The van der Waals surface area contributed by atoms with Crippen LogP contribution >= 0.6 is 22.9 Å². The second-order valence-electron chi connectivity index (χ2n) is 6.17. The van der Waals surface area contributed by atoms with E-state index in [4.69, 9.17) is 16.3 Å².